The molecule has 2 rings (SSSR count). The first-order valence-electron chi connectivity index (χ1n) is 5.84. The fourth-order valence-electron chi connectivity index (χ4n) is 2.60. The summed E-state index contributed by atoms with van der Waals surface area (Å²) < 4.78 is 0. The van der Waals surface area contributed by atoms with Crippen LogP contribution in [0, 0.1) is 5.92 Å². The smallest absolute Gasteiger partial charge is 0.234 e. The third-order valence-corrected chi connectivity index (χ3v) is 3.44. The van der Waals surface area contributed by atoms with Crippen molar-refractivity contribution in [1.29, 1.82) is 0 Å². The van der Waals surface area contributed by atoms with Gasteiger partial charge in [-0.3, -0.25) is 4.79 Å². The number of carbonyl (C=O) groups excluding carboxylic acids is 1. The zero-order valence-corrected chi connectivity index (χ0v) is 8.72. The number of hydrogen-bond donors (Lipinski definition) is 2. The number of rotatable bonds is 3. The Morgan fingerprint density at radius 3 is 2.71 bits per heavy atom. The number of carbonyl (C=O) groups is 1. The molecule has 1 unspecified atom stereocenters. The molecule has 1 saturated carbocycles. The standard InChI is InChI=1S/C11H20N2O/c14-11-8-12-7-10(13-11)6-5-9-3-1-2-4-9/h9-10,12H,1-8H2,(H,13,14). The van der Waals surface area contributed by atoms with E-state index in [4.69, 9.17) is 0 Å². The summed E-state index contributed by atoms with van der Waals surface area (Å²) in [6.07, 6.45) is 8.11. The van der Waals surface area contributed by atoms with Gasteiger partial charge in [0, 0.05) is 12.6 Å². The van der Waals surface area contributed by atoms with E-state index < -0.39 is 0 Å². The Bertz CT molecular complexity index is 199. The van der Waals surface area contributed by atoms with Crippen molar-refractivity contribution in [3.05, 3.63) is 0 Å². The average molecular weight is 196 g/mol. The van der Waals surface area contributed by atoms with E-state index in [0.717, 1.165) is 18.9 Å². The molecule has 0 radical (unpaired) electrons. The summed E-state index contributed by atoms with van der Waals surface area (Å²) in [6.45, 7) is 1.46. The molecule has 3 nitrogen and oxygen atoms in total. The SMILES string of the molecule is O=C1CNCC(CCC2CCCC2)N1. The Balaban J connectivity index is 1.66. The third kappa shape index (κ3) is 2.71. The van der Waals surface area contributed by atoms with Crippen LogP contribution >= 0.6 is 0 Å². The first kappa shape index (κ1) is 9.97. The lowest BCUT2D eigenvalue weighted by molar-refractivity contribution is -0.122. The number of hydrogen-bond acceptors (Lipinski definition) is 2. The second kappa shape index (κ2) is 4.78. The molecule has 1 heterocycles. The minimum absolute atomic E-state index is 0.160. The second-order valence-electron chi connectivity index (χ2n) is 4.62. The van der Waals surface area contributed by atoms with Crippen LogP contribution in [0.25, 0.3) is 0 Å². The van der Waals surface area contributed by atoms with Crippen molar-refractivity contribution in [1.82, 2.24) is 10.6 Å². The zero-order valence-electron chi connectivity index (χ0n) is 8.72. The highest BCUT2D eigenvalue weighted by Gasteiger charge is 2.20. The van der Waals surface area contributed by atoms with Crippen LogP contribution in [-0.4, -0.2) is 25.0 Å². The largest absolute Gasteiger partial charge is 0.351 e. The van der Waals surface area contributed by atoms with Crippen LogP contribution in [-0.2, 0) is 4.79 Å². The van der Waals surface area contributed by atoms with Gasteiger partial charge >= 0.3 is 0 Å². The summed E-state index contributed by atoms with van der Waals surface area (Å²) in [5.74, 6) is 1.10. The monoisotopic (exact) mass is 196 g/mol. The highest BCUT2D eigenvalue weighted by Crippen LogP contribution is 2.28. The van der Waals surface area contributed by atoms with Gasteiger partial charge in [-0.15, -0.1) is 0 Å². The molecule has 1 saturated heterocycles. The minimum Gasteiger partial charge on any atom is -0.351 e. The summed E-state index contributed by atoms with van der Waals surface area (Å²) in [5, 5.41) is 6.19. The molecule has 3 heteroatoms. The maximum Gasteiger partial charge on any atom is 0.234 e. The van der Waals surface area contributed by atoms with Gasteiger partial charge in [0.05, 0.1) is 6.54 Å². The van der Waals surface area contributed by atoms with Gasteiger partial charge in [0.15, 0.2) is 0 Å². The van der Waals surface area contributed by atoms with Crippen molar-refractivity contribution >= 4 is 5.91 Å². The summed E-state index contributed by atoms with van der Waals surface area (Å²) in [7, 11) is 0. The van der Waals surface area contributed by atoms with Crippen molar-refractivity contribution in [2.24, 2.45) is 5.92 Å². The molecule has 1 aliphatic carbocycles. The lowest BCUT2D eigenvalue weighted by atomic mass is 9.98. The fourth-order valence-corrected chi connectivity index (χ4v) is 2.60. The summed E-state index contributed by atoms with van der Waals surface area (Å²) >= 11 is 0. The Labute approximate surface area is 85.6 Å². The molecular formula is C11H20N2O. The molecule has 0 aromatic heterocycles. The molecule has 2 aliphatic rings. The van der Waals surface area contributed by atoms with Crippen LogP contribution in [0.1, 0.15) is 38.5 Å². The predicted octanol–water partition coefficient (Wildman–Crippen LogP) is 1.04. The number of amides is 1. The van der Waals surface area contributed by atoms with Crippen LogP contribution in [0.2, 0.25) is 0 Å². The van der Waals surface area contributed by atoms with Gasteiger partial charge < -0.3 is 10.6 Å². The van der Waals surface area contributed by atoms with Gasteiger partial charge in [-0.05, 0) is 18.8 Å². The first-order chi connectivity index (χ1) is 6.84. The molecule has 14 heavy (non-hydrogen) atoms. The van der Waals surface area contributed by atoms with E-state index in [2.05, 4.69) is 10.6 Å². The Hall–Kier alpha value is -0.570. The number of nitrogens with one attached hydrogen (secondary N) is 2. The zero-order chi connectivity index (χ0) is 9.80. The maximum absolute atomic E-state index is 11.1. The Kier molecular flexibility index (Phi) is 3.40. The minimum atomic E-state index is 0.160. The lowest BCUT2D eigenvalue weighted by Gasteiger charge is -2.25. The van der Waals surface area contributed by atoms with Crippen molar-refractivity contribution in [3.8, 4) is 0 Å². The molecular weight excluding hydrogens is 176 g/mol. The molecule has 80 valence electrons. The third-order valence-electron chi connectivity index (χ3n) is 3.44. The van der Waals surface area contributed by atoms with Crippen molar-refractivity contribution in [3.63, 3.8) is 0 Å². The van der Waals surface area contributed by atoms with E-state index in [1.807, 2.05) is 0 Å². The normalized spacial score (nSPS) is 29.1. The summed E-state index contributed by atoms with van der Waals surface area (Å²) in [6, 6.07) is 0.386. The molecule has 1 aliphatic heterocycles. The first-order valence-corrected chi connectivity index (χ1v) is 5.84. The van der Waals surface area contributed by atoms with Gasteiger partial charge in [-0.1, -0.05) is 25.7 Å². The highest BCUT2D eigenvalue weighted by molar-refractivity contribution is 5.79. The fraction of sp³-hybridized carbons (Fsp3) is 0.909. The molecule has 0 aromatic rings. The van der Waals surface area contributed by atoms with Crippen LogP contribution in [0.3, 0.4) is 0 Å². The number of piperazine rings is 1. The second-order valence-corrected chi connectivity index (χ2v) is 4.62. The van der Waals surface area contributed by atoms with E-state index >= 15 is 0 Å². The van der Waals surface area contributed by atoms with E-state index in [9.17, 15) is 4.79 Å². The van der Waals surface area contributed by atoms with Gasteiger partial charge in [0.25, 0.3) is 0 Å². The molecule has 0 bridgehead atoms. The quantitative estimate of drug-likeness (QED) is 0.708. The molecule has 2 N–H and O–H groups in total. The molecule has 1 atom stereocenters. The van der Waals surface area contributed by atoms with Crippen molar-refractivity contribution < 1.29 is 4.79 Å². The highest BCUT2D eigenvalue weighted by atomic mass is 16.2. The molecule has 0 aromatic carbocycles. The molecule has 0 spiro atoms. The van der Waals surface area contributed by atoms with Crippen LogP contribution < -0.4 is 10.6 Å². The summed E-state index contributed by atoms with van der Waals surface area (Å²) in [4.78, 5) is 11.1. The van der Waals surface area contributed by atoms with Crippen LogP contribution in [0.4, 0.5) is 0 Å². The van der Waals surface area contributed by atoms with Crippen LogP contribution in [0.15, 0.2) is 0 Å². The Morgan fingerprint density at radius 1 is 1.21 bits per heavy atom. The van der Waals surface area contributed by atoms with Gasteiger partial charge in [0.2, 0.25) is 5.91 Å². The maximum atomic E-state index is 11.1. The van der Waals surface area contributed by atoms with Crippen LogP contribution in [0.5, 0.6) is 0 Å². The van der Waals surface area contributed by atoms with Crippen molar-refractivity contribution in [2.75, 3.05) is 13.1 Å². The van der Waals surface area contributed by atoms with Gasteiger partial charge in [-0.25, -0.2) is 0 Å². The average Bonchev–Trinajstić information content (AvgIpc) is 2.67. The lowest BCUT2D eigenvalue weighted by Crippen LogP contribution is -2.52. The van der Waals surface area contributed by atoms with E-state index in [-0.39, 0.29) is 5.91 Å². The van der Waals surface area contributed by atoms with Gasteiger partial charge in [-0.2, -0.15) is 0 Å². The predicted molar refractivity (Wildman–Crippen MR) is 56.0 cm³/mol. The van der Waals surface area contributed by atoms with E-state index in [1.165, 1.54) is 32.1 Å². The molecule has 1 amide bonds. The van der Waals surface area contributed by atoms with Gasteiger partial charge in [0.1, 0.15) is 0 Å². The topological polar surface area (TPSA) is 41.1 Å². The molecule has 2 fully saturated rings. The summed E-state index contributed by atoms with van der Waals surface area (Å²) in [5.41, 5.74) is 0. The van der Waals surface area contributed by atoms with Crippen molar-refractivity contribution in [2.45, 2.75) is 44.6 Å². The van der Waals surface area contributed by atoms with E-state index in [0.29, 0.717) is 12.6 Å². The Morgan fingerprint density at radius 2 is 2.00 bits per heavy atom. The van der Waals surface area contributed by atoms with E-state index in [1.54, 1.807) is 0 Å².